The molecule has 30 heavy (non-hydrogen) atoms. The van der Waals surface area contributed by atoms with Crippen LogP contribution >= 0.6 is 11.3 Å². The van der Waals surface area contributed by atoms with Crippen molar-refractivity contribution in [3.63, 3.8) is 0 Å². The van der Waals surface area contributed by atoms with Crippen LogP contribution in [0.2, 0.25) is 0 Å². The van der Waals surface area contributed by atoms with Crippen LogP contribution in [0.1, 0.15) is 58.8 Å². The molecule has 3 aromatic rings. The molecular weight excluding hydrogens is 400 g/mol. The molecule has 4 rings (SSSR count). The van der Waals surface area contributed by atoms with E-state index in [0.717, 1.165) is 10.3 Å². The zero-order valence-corrected chi connectivity index (χ0v) is 18.1. The van der Waals surface area contributed by atoms with Crippen LogP contribution in [0.4, 0.5) is 0 Å². The van der Waals surface area contributed by atoms with E-state index in [1.807, 2.05) is 0 Å². The first kappa shape index (κ1) is 20.5. The van der Waals surface area contributed by atoms with Gasteiger partial charge in [-0.1, -0.05) is 43.5 Å². The molecule has 0 atom stereocenters. The first-order valence-corrected chi connectivity index (χ1v) is 11.1. The molecule has 0 radical (unpaired) electrons. The second kappa shape index (κ2) is 8.96. The van der Waals surface area contributed by atoms with Gasteiger partial charge in [-0.05, 0) is 36.0 Å². The Hall–Kier alpha value is -2.73. The highest BCUT2D eigenvalue weighted by atomic mass is 32.1. The molecule has 1 aliphatic carbocycles. The van der Waals surface area contributed by atoms with E-state index in [-0.39, 0.29) is 4.88 Å². The minimum Gasteiger partial charge on any atom is -0.493 e. The molecule has 0 spiro atoms. The molecule has 0 saturated heterocycles. The summed E-state index contributed by atoms with van der Waals surface area (Å²) < 4.78 is 17.5. The Bertz CT molecular complexity index is 1030. The summed E-state index contributed by atoms with van der Waals surface area (Å²) in [6, 6.07) is 12.1. The minimum atomic E-state index is -1.00. The molecule has 1 saturated carbocycles. The maximum Gasteiger partial charge on any atom is 0.349 e. The predicted molar refractivity (Wildman–Crippen MR) is 118 cm³/mol. The minimum absolute atomic E-state index is 0.180. The number of ether oxygens (including phenoxy) is 3. The Kier molecular flexibility index (Phi) is 6.13. The molecule has 5 nitrogen and oxygen atoms in total. The van der Waals surface area contributed by atoms with E-state index in [4.69, 9.17) is 14.2 Å². The summed E-state index contributed by atoms with van der Waals surface area (Å²) in [5.74, 6) is 1.14. The topological polar surface area (TPSA) is 65.0 Å². The summed E-state index contributed by atoms with van der Waals surface area (Å²) >= 11 is 1.18. The van der Waals surface area contributed by atoms with E-state index in [0.29, 0.717) is 35.2 Å². The molecular formula is C24H26O5S. The van der Waals surface area contributed by atoms with Crippen molar-refractivity contribution in [2.45, 2.75) is 44.6 Å². The average molecular weight is 427 g/mol. The van der Waals surface area contributed by atoms with Gasteiger partial charge < -0.3 is 19.3 Å². The summed E-state index contributed by atoms with van der Waals surface area (Å²) in [6.45, 7) is 0.311. The van der Waals surface area contributed by atoms with Crippen LogP contribution in [0.3, 0.4) is 0 Å². The zero-order valence-electron chi connectivity index (χ0n) is 17.3. The summed E-state index contributed by atoms with van der Waals surface area (Å²) in [5.41, 5.74) is 2.41. The van der Waals surface area contributed by atoms with Gasteiger partial charge >= 0.3 is 5.97 Å². The van der Waals surface area contributed by atoms with E-state index in [1.165, 1.54) is 49.0 Å². The molecule has 158 valence electrons. The number of hydrogen-bond donors (Lipinski definition) is 1. The number of carbonyl (C=O) groups is 1. The second-order valence-corrected chi connectivity index (χ2v) is 8.69. The van der Waals surface area contributed by atoms with Crippen molar-refractivity contribution in [3.05, 3.63) is 52.4 Å². The SMILES string of the molecule is COc1cc2sc(C(=O)O)c(OCc3ccc(C4CCCCC4)cc3)c2cc1OC. The van der Waals surface area contributed by atoms with E-state index >= 15 is 0 Å². The molecule has 0 amide bonds. The third-order valence-electron chi connectivity index (χ3n) is 5.78. The van der Waals surface area contributed by atoms with Crippen LogP contribution < -0.4 is 14.2 Å². The smallest absolute Gasteiger partial charge is 0.349 e. The Morgan fingerprint density at radius 3 is 2.33 bits per heavy atom. The van der Waals surface area contributed by atoms with Crippen molar-refractivity contribution < 1.29 is 24.1 Å². The van der Waals surface area contributed by atoms with E-state index in [1.54, 1.807) is 26.4 Å². The molecule has 1 aliphatic rings. The molecule has 1 aromatic heterocycles. The van der Waals surface area contributed by atoms with E-state index in [2.05, 4.69) is 24.3 Å². The molecule has 0 aliphatic heterocycles. The number of aromatic carboxylic acids is 1. The average Bonchev–Trinajstić information content (AvgIpc) is 3.15. The van der Waals surface area contributed by atoms with Crippen molar-refractivity contribution in [1.29, 1.82) is 0 Å². The van der Waals surface area contributed by atoms with Crippen LogP contribution in [-0.4, -0.2) is 25.3 Å². The summed E-state index contributed by atoms with van der Waals surface area (Å²) in [6.07, 6.45) is 6.51. The van der Waals surface area contributed by atoms with Crippen molar-refractivity contribution >= 4 is 27.4 Å². The number of thiophene rings is 1. The van der Waals surface area contributed by atoms with Crippen molar-refractivity contribution in [2.24, 2.45) is 0 Å². The molecule has 1 heterocycles. The Morgan fingerprint density at radius 1 is 1.03 bits per heavy atom. The molecule has 0 unspecified atom stereocenters. The van der Waals surface area contributed by atoms with Gasteiger partial charge in [0.15, 0.2) is 22.1 Å². The van der Waals surface area contributed by atoms with Gasteiger partial charge in [-0.15, -0.1) is 11.3 Å². The number of rotatable bonds is 7. The second-order valence-electron chi connectivity index (χ2n) is 7.63. The molecule has 2 aromatic carbocycles. The monoisotopic (exact) mass is 426 g/mol. The highest BCUT2D eigenvalue weighted by Gasteiger charge is 2.22. The van der Waals surface area contributed by atoms with Crippen LogP contribution in [-0.2, 0) is 6.61 Å². The predicted octanol–water partition coefficient (Wildman–Crippen LogP) is 6.24. The van der Waals surface area contributed by atoms with Crippen molar-refractivity contribution in [2.75, 3.05) is 14.2 Å². The molecule has 0 bridgehead atoms. The van der Waals surface area contributed by atoms with Gasteiger partial charge in [0.1, 0.15) is 6.61 Å². The quantitative estimate of drug-likeness (QED) is 0.484. The molecule has 1 fully saturated rings. The highest BCUT2D eigenvalue weighted by Crippen LogP contribution is 2.43. The highest BCUT2D eigenvalue weighted by molar-refractivity contribution is 7.21. The molecule has 1 N–H and O–H groups in total. The standard InChI is InChI=1S/C24H26O5S/c1-27-19-12-18-21(13-20(19)28-2)30-23(24(25)26)22(18)29-14-15-8-10-17(11-9-15)16-6-4-3-5-7-16/h8-13,16H,3-7,14H2,1-2H3,(H,25,26). The number of benzene rings is 2. The number of methoxy groups -OCH3 is 2. The van der Waals surface area contributed by atoms with Gasteiger partial charge in [-0.2, -0.15) is 0 Å². The maximum absolute atomic E-state index is 11.8. The lowest BCUT2D eigenvalue weighted by Gasteiger charge is -2.22. The fourth-order valence-electron chi connectivity index (χ4n) is 4.16. The van der Waals surface area contributed by atoms with Crippen LogP contribution in [0.25, 0.3) is 10.1 Å². The normalized spacial score (nSPS) is 14.6. The number of carboxylic acids is 1. The lowest BCUT2D eigenvalue weighted by molar-refractivity contribution is 0.0698. The third-order valence-corrected chi connectivity index (χ3v) is 6.90. The van der Waals surface area contributed by atoms with Gasteiger partial charge in [0.2, 0.25) is 0 Å². The van der Waals surface area contributed by atoms with Gasteiger partial charge in [0.05, 0.1) is 14.2 Å². The van der Waals surface area contributed by atoms with Gasteiger partial charge in [-0.3, -0.25) is 0 Å². The number of fused-ring (bicyclic) bond motifs is 1. The largest absolute Gasteiger partial charge is 0.493 e. The Morgan fingerprint density at radius 2 is 1.70 bits per heavy atom. The lowest BCUT2D eigenvalue weighted by atomic mass is 9.84. The van der Waals surface area contributed by atoms with Crippen molar-refractivity contribution in [1.82, 2.24) is 0 Å². The molecule has 6 heteroatoms. The van der Waals surface area contributed by atoms with E-state index in [9.17, 15) is 9.90 Å². The van der Waals surface area contributed by atoms with E-state index < -0.39 is 5.97 Å². The fraction of sp³-hybridized carbons (Fsp3) is 0.375. The van der Waals surface area contributed by atoms with Gasteiger partial charge in [-0.25, -0.2) is 4.79 Å². The van der Waals surface area contributed by atoms with Crippen molar-refractivity contribution in [3.8, 4) is 17.2 Å². The third kappa shape index (κ3) is 4.10. The first-order chi connectivity index (χ1) is 14.6. The fourth-order valence-corrected chi connectivity index (χ4v) is 5.16. The van der Waals surface area contributed by atoms with Gasteiger partial charge in [0.25, 0.3) is 0 Å². The Labute approximate surface area is 180 Å². The van der Waals surface area contributed by atoms with Crippen LogP contribution in [0, 0.1) is 0 Å². The van der Waals surface area contributed by atoms with Crippen LogP contribution in [0.15, 0.2) is 36.4 Å². The number of hydrogen-bond acceptors (Lipinski definition) is 5. The Balaban J connectivity index is 1.58. The van der Waals surface area contributed by atoms with Crippen LogP contribution in [0.5, 0.6) is 17.2 Å². The summed E-state index contributed by atoms with van der Waals surface area (Å²) in [7, 11) is 3.12. The first-order valence-electron chi connectivity index (χ1n) is 10.2. The summed E-state index contributed by atoms with van der Waals surface area (Å²) in [5, 5.41) is 10.4. The maximum atomic E-state index is 11.8. The van der Waals surface area contributed by atoms with Gasteiger partial charge in [0, 0.05) is 16.2 Å². The number of carboxylic acid groups (broad SMARTS) is 1. The summed E-state index contributed by atoms with van der Waals surface area (Å²) in [4.78, 5) is 12.0. The zero-order chi connectivity index (χ0) is 21.1. The lowest BCUT2D eigenvalue weighted by Crippen LogP contribution is -2.05.